The number of morpholine rings is 1. The predicted molar refractivity (Wildman–Crippen MR) is 80.7 cm³/mol. The first-order chi connectivity index (χ1) is 10.3. The first-order valence-corrected chi connectivity index (χ1v) is 7.67. The van der Waals surface area contributed by atoms with Crippen LogP contribution in [-0.4, -0.2) is 47.1 Å². The molecular formula is C14H16N4O2S. The molecule has 0 aliphatic carbocycles. The van der Waals surface area contributed by atoms with E-state index in [-0.39, 0.29) is 5.91 Å². The molecule has 0 atom stereocenters. The Labute approximate surface area is 126 Å². The smallest absolute Gasteiger partial charge is 0.228 e. The second kappa shape index (κ2) is 6.64. The van der Waals surface area contributed by atoms with Crippen LogP contribution in [0.3, 0.4) is 0 Å². The minimum atomic E-state index is 0.105. The fraction of sp³-hybridized carbons (Fsp3) is 0.357. The van der Waals surface area contributed by atoms with E-state index in [0.29, 0.717) is 32.7 Å². The molecule has 7 heteroatoms. The maximum absolute atomic E-state index is 12.1. The van der Waals surface area contributed by atoms with Gasteiger partial charge in [0.05, 0.1) is 25.3 Å². The van der Waals surface area contributed by atoms with Crippen molar-refractivity contribution in [2.45, 2.75) is 6.42 Å². The number of amides is 1. The molecule has 2 aromatic heterocycles. The Hall–Kier alpha value is -1.99. The molecule has 0 aromatic carbocycles. The van der Waals surface area contributed by atoms with Gasteiger partial charge in [-0.1, -0.05) is 6.07 Å². The first-order valence-electron chi connectivity index (χ1n) is 6.79. The van der Waals surface area contributed by atoms with E-state index in [2.05, 4.69) is 15.3 Å². The summed E-state index contributed by atoms with van der Waals surface area (Å²) in [5.41, 5.74) is 0.787. The van der Waals surface area contributed by atoms with Crippen molar-refractivity contribution in [2.24, 2.45) is 0 Å². The molecule has 1 N–H and O–H groups in total. The van der Waals surface area contributed by atoms with Crippen molar-refractivity contribution in [1.29, 1.82) is 0 Å². The summed E-state index contributed by atoms with van der Waals surface area (Å²) >= 11 is 1.48. The monoisotopic (exact) mass is 304 g/mol. The summed E-state index contributed by atoms with van der Waals surface area (Å²) in [5, 5.41) is 5.78. The highest BCUT2D eigenvalue weighted by molar-refractivity contribution is 7.13. The Morgan fingerprint density at radius 1 is 1.38 bits per heavy atom. The van der Waals surface area contributed by atoms with E-state index < -0.39 is 0 Å². The van der Waals surface area contributed by atoms with E-state index >= 15 is 0 Å². The van der Waals surface area contributed by atoms with Crippen LogP contribution in [0.2, 0.25) is 0 Å². The second-order valence-corrected chi connectivity index (χ2v) is 5.51. The lowest BCUT2D eigenvalue weighted by atomic mass is 10.3. The SMILES string of the molecule is O=C(Cc1csc(Nc2ccccn2)n1)N1CCOCC1. The van der Waals surface area contributed by atoms with Gasteiger partial charge >= 0.3 is 0 Å². The number of ether oxygens (including phenoxy) is 1. The standard InChI is InChI=1S/C14H16N4O2S/c19-13(18-5-7-20-8-6-18)9-11-10-21-14(16-11)17-12-3-1-2-4-15-12/h1-4,10H,5-9H2,(H,15,16,17). The third kappa shape index (κ3) is 3.77. The lowest BCUT2D eigenvalue weighted by Gasteiger charge is -2.26. The highest BCUT2D eigenvalue weighted by Crippen LogP contribution is 2.20. The van der Waals surface area contributed by atoms with Gasteiger partial charge in [-0.15, -0.1) is 11.3 Å². The lowest BCUT2D eigenvalue weighted by Crippen LogP contribution is -2.41. The molecule has 2 aromatic rings. The molecule has 1 fully saturated rings. The van der Waals surface area contributed by atoms with E-state index in [9.17, 15) is 4.79 Å². The Morgan fingerprint density at radius 2 is 2.24 bits per heavy atom. The third-order valence-corrected chi connectivity index (χ3v) is 3.95. The van der Waals surface area contributed by atoms with Crippen LogP contribution < -0.4 is 5.32 Å². The first kappa shape index (κ1) is 14.0. The van der Waals surface area contributed by atoms with Crippen LogP contribution in [0.5, 0.6) is 0 Å². The maximum Gasteiger partial charge on any atom is 0.228 e. The number of nitrogens with one attached hydrogen (secondary N) is 1. The average molecular weight is 304 g/mol. The number of thiazole rings is 1. The molecule has 0 unspecified atom stereocenters. The minimum absolute atomic E-state index is 0.105. The van der Waals surface area contributed by atoms with Gasteiger partial charge in [0.25, 0.3) is 0 Å². The zero-order chi connectivity index (χ0) is 14.5. The van der Waals surface area contributed by atoms with Crippen LogP contribution in [0.15, 0.2) is 29.8 Å². The fourth-order valence-corrected chi connectivity index (χ4v) is 2.79. The van der Waals surface area contributed by atoms with Crippen molar-refractivity contribution in [1.82, 2.24) is 14.9 Å². The molecule has 0 spiro atoms. The Morgan fingerprint density at radius 3 is 3.00 bits per heavy atom. The predicted octanol–water partition coefficient (Wildman–Crippen LogP) is 1.68. The van der Waals surface area contributed by atoms with Gasteiger partial charge in [0.15, 0.2) is 5.13 Å². The molecule has 3 heterocycles. The molecule has 1 saturated heterocycles. The number of carbonyl (C=O) groups is 1. The summed E-state index contributed by atoms with van der Waals surface area (Å²) in [7, 11) is 0. The van der Waals surface area contributed by atoms with Gasteiger partial charge < -0.3 is 15.0 Å². The van der Waals surface area contributed by atoms with E-state index in [1.54, 1.807) is 6.20 Å². The molecule has 0 radical (unpaired) electrons. The Kier molecular flexibility index (Phi) is 4.42. The van der Waals surface area contributed by atoms with Crippen LogP contribution in [0.4, 0.5) is 10.9 Å². The normalized spacial score (nSPS) is 15.0. The second-order valence-electron chi connectivity index (χ2n) is 4.65. The summed E-state index contributed by atoms with van der Waals surface area (Å²) < 4.78 is 5.25. The van der Waals surface area contributed by atoms with Crippen LogP contribution >= 0.6 is 11.3 Å². The van der Waals surface area contributed by atoms with E-state index in [1.807, 2.05) is 28.5 Å². The van der Waals surface area contributed by atoms with Gasteiger partial charge in [0.1, 0.15) is 5.82 Å². The molecule has 110 valence electrons. The molecule has 3 rings (SSSR count). The van der Waals surface area contributed by atoms with Gasteiger partial charge in [-0.25, -0.2) is 9.97 Å². The van der Waals surface area contributed by atoms with Crippen LogP contribution in [-0.2, 0) is 16.0 Å². The molecule has 6 nitrogen and oxygen atoms in total. The zero-order valence-electron chi connectivity index (χ0n) is 11.5. The topological polar surface area (TPSA) is 67.4 Å². The van der Waals surface area contributed by atoms with Gasteiger partial charge in [0, 0.05) is 24.7 Å². The van der Waals surface area contributed by atoms with Crippen molar-refractivity contribution in [2.75, 3.05) is 31.6 Å². The number of anilines is 2. The van der Waals surface area contributed by atoms with Gasteiger partial charge in [-0.3, -0.25) is 4.79 Å². The largest absolute Gasteiger partial charge is 0.378 e. The number of aromatic nitrogens is 2. The van der Waals surface area contributed by atoms with Crippen LogP contribution in [0.25, 0.3) is 0 Å². The molecular weight excluding hydrogens is 288 g/mol. The summed E-state index contributed by atoms with van der Waals surface area (Å²) in [6.45, 7) is 2.58. The zero-order valence-corrected chi connectivity index (χ0v) is 12.3. The van der Waals surface area contributed by atoms with E-state index in [1.165, 1.54) is 11.3 Å². The van der Waals surface area contributed by atoms with Crippen molar-refractivity contribution >= 4 is 28.2 Å². The van der Waals surface area contributed by atoms with Gasteiger partial charge in [-0.05, 0) is 12.1 Å². The highest BCUT2D eigenvalue weighted by atomic mass is 32.1. The summed E-state index contributed by atoms with van der Waals surface area (Å²) in [6, 6.07) is 5.64. The Bertz CT molecular complexity index is 596. The molecule has 1 amide bonds. The maximum atomic E-state index is 12.1. The fourth-order valence-electron chi connectivity index (χ4n) is 2.07. The summed E-state index contributed by atoms with van der Waals surface area (Å²) in [6.07, 6.45) is 2.05. The number of hydrogen-bond donors (Lipinski definition) is 1. The molecule has 0 saturated carbocycles. The number of nitrogens with zero attached hydrogens (tertiary/aromatic N) is 3. The highest BCUT2D eigenvalue weighted by Gasteiger charge is 2.18. The van der Waals surface area contributed by atoms with Crippen molar-refractivity contribution in [3.8, 4) is 0 Å². The van der Waals surface area contributed by atoms with Gasteiger partial charge in [0.2, 0.25) is 5.91 Å². The molecule has 21 heavy (non-hydrogen) atoms. The van der Waals surface area contributed by atoms with Crippen molar-refractivity contribution in [3.05, 3.63) is 35.5 Å². The van der Waals surface area contributed by atoms with E-state index in [4.69, 9.17) is 4.74 Å². The number of hydrogen-bond acceptors (Lipinski definition) is 6. The number of pyridine rings is 1. The van der Waals surface area contributed by atoms with Crippen molar-refractivity contribution in [3.63, 3.8) is 0 Å². The van der Waals surface area contributed by atoms with Crippen LogP contribution in [0, 0.1) is 0 Å². The quantitative estimate of drug-likeness (QED) is 0.931. The molecule has 0 bridgehead atoms. The average Bonchev–Trinajstić information content (AvgIpc) is 2.96. The van der Waals surface area contributed by atoms with Crippen molar-refractivity contribution < 1.29 is 9.53 Å². The van der Waals surface area contributed by atoms with Crippen LogP contribution in [0.1, 0.15) is 5.69 Å². The van der Waals surface area contributed by atoms with E-state index in [0.717, 1.165) is 16.6 Å². The number of carbonyl (C=O) groups excluding carboxylic acids is 1. The molecule has 1 aliphatic rings. The number of rotatable bonds is 4. The minimum Gasteiger partial charge on any atom is -0.378 e. The Balaban J connectivity index is 1.58. The summed E-state index contributed by atoms with van der Waals surface area (Å²) in [4.78, 5) is 22.6. The third-order valence-electron chi connectivity index (χ3n) is 3.15. The molecule has 1 aliphatic heterocycles. The lowest BCUT2D eigenvalue weighted by molar-refractivity contribution is -0.134. The summed E-state index contributed by atoms with van der Waals surface area (Å²) in [5.74, 6) is 0.853. The van der Waals surface area contributed by atoms with Gasteiger partial charge in [-0.2, -0.15) is 0 Å².